The molecule has 0 bridgehead atoms. The molecule has 1 amide bonds. The zero-order valence-electron chi connectivity index (χ0n) is 10.1. The molecule has 0 aromatic carbocycles. The molecule has 0 fully saturated rings. The third kappa shape index (κ3) is 6.20. The van der Waals surface area contributed by atoms with Crippen LogP contribution in [0.3, 0.4) is 0 Å². The molecule has 0 aromatic rings. The number of carbonyl (C=O) groups is 3. The second-order valence-corrected chi connectivity index (χ2v) is 2.88. The Labute approximate surface area is 99.9 Å². The summed E-state index contributed by atoms with van der Waals surface area (Å²) in [7, 11) is 1.15. The fourth-order valence-electron chi connectivity index (χ4n) is 0.984. The van der Waals surface area contributed by atoms with Crippen LogP contribution >= 0.6 is 0 Å². The summed E-state index contributed by atoms with van der Waals surface area (Å²) in [6.07, 6.45) is 0. The maximum atomic E-state index is 11.4. The predicted molar refractivity (Wildman–Crippen MR) is 58.7 cm³/mol. The summed E-state index contributed by atoms with van der Waals surface area (Å²) in [4.78, 5) is 34.5. The van der Waals surface area contributed by atoms with Crippen LogP contribution < -0.4 is 0 Å². The van der Waals surface area contributed by atoms with E-state index in [1.165, 1.54) is 4.90 Å². The average molecular weight is 241 g/mol. The topological polar surface area (TPSA) is 72.9 Å². The second-order valence-electron chi connectivity index (χ2n) is 2.88. The van der Waals surface area contributed by atoms with Crippen molar-refractivity contribution in [3.63, 3.8) is 0 Å². The molecule has 0 aliphatic heterocycles. The van der Waals surface area contributed by atoms with Crippen LogP contribution in [0, 0.1) is 11.8 Å². The maximum Gasteiger partial charge on any atom is 0.385 e. The van der Waals surface area contributed by atoms with Crippen molar-refractivity contribution in [2.24, 2.45) is 0 Å². The Morgan fingerprint density at radius 2 is 1.59 bits per heavy atom. The normalized spacial score (nSPS) is 8.65. The lowest BCUT2D eigenvalue weighted by atomic mass is 10.4. The first kappa shape index (κ1) is 15.0. The highest BCUT2D eigenvalue weighted by Gasteiger charge is 2.11. The van der Waals surface area contributed by atoms with E-state index < -0.39 is 11.9 Å². The summed E-state index contributed by atoms with van der Waals surface area (Å²) in [5.41, 5.74) is 0. The minimum Gasteiger partial charge on any atom is -0.459 e. The molecule has 0 aliphatic rings. The van der Waals surface area contributed by atoms with Crippen molar-refractivity contribution in [3.8, 4) is 11.8 Å². The lowest BCUT2D eigenvalue weighted by Crippen LogP contribution is -2.34. The number of ether oxygens (including phenoxy) is 2. The van der Waals surface area contributed by atoms with Crippen molar-refractivity contribution < 1.29 is 23.9 Å². The van der Waals surface area contributed by atoms with Gasteiger partial charge in [0.25, 0.3) is 5.91 Å². The Kier molecular flexibility index (Phi) is 7.19. The molecule has 0 spiro atoms. The van der Waals surface area contributed by atoms with E-state index in [1.54, 1.807) is 0 Å². The minimum absolute atomic E-state index is 0.303. The molecule has 0 aromatic heterocycles. The highest BCUT2D eigenvalue weighted by molar-refractivity contribution is 5.98. The highest BCUT2D eigenvalue weighted by Crippen LogP contribution is 1.90. The van der Waals surface area contributed by atoms with E-state index in [0.29, 0.717) is 13.1 Å². The Morgan fingerprint density at radius 1 is 1.06 bits per heavy atom. The monoisotopic (exact) mass is 241 g/mol. The predicted octanol–water partition coefficient (Wildman–Crippen LogP) is -0.426. The first-order chi connectivity index (χ1) is 8.04. The quantitative estimate of drug-likeness (QED) is 0.379. The Balaban J connectivity index is 4.11. The minimum atomic E-state index is -0.934. The van der Waals surface area contributed by atoms with Crippen molar-refractivity contribution in [1.82, 2.24) is 4.90 Å². The van der Waals surface area contributed by atoms with Gasteiger partial charge in [-0.2, -0.15) is 0 Å². The molecular weight excluding hydrogens is 226 g/mol. The number of amides is 1. The van der Waals surface area contributed by atoms with Gasteiger partial charge in [-0.1, -0.05) is 0 Å². The Morgan fingerprint density at radius 3 is 2.06 bits per heavy atom. The summed E-state index contributed by atoms with van der Waals surface area (Å²) in [5.74, 6) is 1.74. The number of carbonyl (C=O) groups excluding carboxylic acids is 3. The Bertz CT molecular complexity index is 349. The summed E-state index contributed by atoms with van der Waals surface area (Å²) in [5, 5.41) is 0. The maximum absolute atomic E-state index is 11.4. The fourth-order valence-corrected chi connectivity index (χ4v) is 0.984. The summed E-state index contributed by atoms with van der Waals surface area (Å²) in [6, 6.07) is 0. The third-order valence-electron chi connectivity index (χ3n) is 1.89. The van der Waals surface area contributed by atoms with E-state index in [0.717, 1.165) is 7.11 Å². The molecule has 0 saturated heterocycles. The van der Waals surface area contributed by atoms with Crippen LogP contribution in [0.1, 0.15) is 13.8 Å². The lowest BCUT2D eigenvalue weighted by molar-refractivity contribution is -0.147. The van der Waals surface area contributed by atoms with Gasteiger partial charge in [0.15, 0.2) is 6.61 Å². The second kappa shape index (κ2) is 8.16. The molecular formula is C11H15NO5. The largest absolute Gasteiger partial charge is 0.459 e. The molecule has 6 nitrogen and oxygen atoms in total. The van der Waals surface area contributed by atoms with Gasteiger partial charge in [0, 0.05) is 24.9 Å². The number of rotatable bonds is 4. The van der Waals surface area contributed by atoms with Gasteiger partial charge in [-0.05, 0) is 13.8 Å². The van der Waals surface area contributed by atoms with Gasteiger partial charge in [0.1, 0.15) is 0 Å². The zero-order valence-corrected chi connectivity index (χ0v) is 10.1. The molecule has 0 radical (unpaired) electrons. The molecule has 0 rings (SSSR count). The van der Waals surface area contributed by atoms with E-state index in [1.807, 2.05) is 25.7 Å². The number of esters is 2. The van der Waals surface area contributed by atoms with Gasteiger partial charge in [0.2, 0.25) is 0 Å². The van der Waals surface area contributed by atoms with Crippen LogP contribution in [0.25, 0.3) is 0 Å². The lowest BCUT2D eigenvalue weighted by Gasteiger charge is -2.17. The molecule has 0 atom stereocenters. The molecule has 0 unspecified atom stereocenters. The fraction of sp³-hybridized carbons (Fsp3) is 0.545. The van der Waals surface area contributed by atoms with E-state index in [-0.39, 0.29) is 12.5 Å². The number of hydrogen-bond acceptors (Lipinski definition) is 5. The van der Waals surface area contributed by atoms with E-state index in [4.69, 9.17) is 0 Å². The number of likely N-dealkylation sites (N-methyl/N-ethyl adjacent to an activating group) is 1. The molecule has 0 saturated carbocycles. The molecule has 0 N–H and O–H groups in total. The SMILES string of the molecule is CCN(CC)C(=O)COC(=O)C#CC(=O)OC. The molecule has 17 heavy (non-hydrogen) atoms. The van der Waals surface area contributed by atoms with E-state index in [9.17, 15) is 14.4 Å². The van der Waals surface area contributed by atoms with Gasteiger partial charge in [-0.25, -0.2) is 9.59 Å². The first-order valence-corrected chi connectivity index (χ1v) is 5.09. The first-order valence-electron chi connectivity index (χ1n) is 5.09. The van der Waals surface area contributed by atoms with Crippen molar-refractivity contribution in [1.29, 1.82) is 0 Å². The third-order valence-corrected chi connectivity index (χ3v) is 1.89. The van der Waals surface area contributed by atoms with Crippen LogP contribution in [0.15, 0.2) is 0 Å². The summed E-state index contributed by atoms with van der Waals surface area (Å²) < 4.78 is 8.78. The van der Waals surface area contributed by atoms with E-state index in [2.05, 4.69) is 9.47 Å². The number of nitrogens with zero attached hydrogens (tertiary/aromatic N) is 1. The van der Waals surface area contributed by atoms with Crippen molar-refractivity contribution in [2.75, 3.05) is 26.8 Å². The van der Waals surface area contributed by atoms with Gasteiger partial charge >= 0.3 is 11.9 Å². The van der Waals surface area contributed by atoms with Gasteiger partial charge in [-0.15, -0.1) is 0 Å². The van der Waals surface area contributed by atoms with Crippen LogP contribution in [0.4, 0.5) is 0 Å². The number of hydrogen-bond donors (Lipinski definition) is 0. The Hall–Kier alpha value is -2.03. The molecule has 0 aliphatic carbocycles. The average Bonchev–Trinajstić information content (AvgIpc) is 2.34. The summed E-state index contributed by atoms with van der Waals surface area (Å²) >= 11 is 0. The number of methoxy groups -OCH3 is 1. The van der Waals surface area contributed by atoms with Crippen LogP contribution in [0.5, 0.6) is 0 Å². The van der Waals surface area contributed by atoms with Crippen LogP contribution in [-0.4, -0.2) is 49.6 Å². The van der Waals surface area contributed by atoms with Gasteiger partial charge in [0.05, 0.1) is 7.11 Å². The van der Waals surface area contributed by atoms with Crippen molar-refractivity contribution >= 4 is 17.8 Å². The van der Waals surface area contributed by atoms with Crippen molar-refractivity contribution in [2.45, 2.75) is 13.8 Å². The molecule has 94 valence electrons. The van der Waals surface area contributed by atoms with Crippen molar-refractivity contribution in [3.05, 3.63) is 0 Å². The van der Waals surface area contributed by atoms with Crippen LogP contribution in [-0.2, 0) is 23.9 Å². The van der Waals surface area contributed by atoms with Gasteiger partial charge < -0.3 is 14.4 Å². The standard InChI is InChI=1S/C11H15NO5/c1-4-12(5-2)9(13)8-17-11(15)7-6-10(14)16-3/h4-5,8H2,1-3H3. The van der Waals surface area contributed by atoms with Crippen LogP contribution in [0.2, 0.25) is 0 Å². The van der Waals surface area contributed by atoms with E-state index >= 15 is 0 Å². The molecule has 6 heteroatoms. The summed E-state index contributed by atoms with van der Waals surface area (Å²) in [6.45, 7) is 4.35. The van der Waals surface area contributed by atoms with Gasteiger partial charge in [-0.3, -0.25) is 4.79 Å². The molecule has 0 heterocycles. The zero-order chi connectivity index (χ0) is 13.3. The smallest absolute Gasteiger partial charge is 0.385 e. The highest BCUT2D eigenvalue weighted by atomic mass is 16.5.